The molecule has 8 nitrogen and oxygen atoms in total. The number of hydrogen-bond donors (Lipinski definition) is 1. The van der Waals surface area contributed by atoms with Crippen LogP contribution in [0.5, 0.6) is 11.5 Å². The summed E-state index contributed by atoms with van der Waals surface area (Å²) in [6.07, 6.45) is 2.87. The molecule has 0 radical (unpaired) electrons. The highest BCUT2D eigenvalue weighted by atomic mass is 32.1. The fourth-order valence-electron chi connectivity index (χ4n) is 2.68. The Morgan fingerprint density at radius 2 is 2.04 bits per heavy atom. The molecule has 3 aromatic rings. The first kappa shape index (κ1) is 19.6. The van der Waals surface area contributed by atoms with Gasteiger partial charge in [-0.25, -0.2) is 10.4 Å². The summed E-state index contributed by atoms with van der Waals surface area (Å²) in [6, 6.07) is 5.26. The smallest absolute Gasteiger partial charge is 0.262 e. The second kappa shape index (κ2) is 8.22. The maximum Gasteiger partial charge on any atom is 0.262 e. The molecule has 0 bridgehead atoms. The molecule has 0 unspecified atom stereocenters. The van der Waals surface area contributed by atoms with Gasteiger partial charge in [-0.05, 0) is 43.2 Å². The average Bonchev–Trinajstić information content (AvgIpc) is 2.98. The van der Waals surface area contributed by atoms with Gasteiger partial charge in [-0.15, -0.1) is 11.3 Å². The monoisotopic (exact) mass is 400 g/mol. The van der Waals surface area contributed by atoms with Crippen molar-refractivity contribution in [3.63, 3.8) is 0 Å². The van der Waals surface area contributed by atoms with E-state index in [1.807, 2.05) is 13.8 Å². The second-order valence-corrected chi connectivity index (χ2v) is 7.25. The van der Waals surface area contributed by atoms with Crippen molar-refractivity contribution in [2.45, 2.75) is 20.4 Å². The van der Waals surface area contributed by atoms with E-state index >= 15 is 0 Å². The van der Waals surface area contributed by atoms with Crippen LogP contribution in [0.25, 0.3) is 10.2 Å². The van der Waals surface area contributed by atoms with Crippen molar-refractivity contribution in [3.8, 4) is 11.5 Å². The lowest BCUT2D eigenvalue weighted by atomic mass is 10.2. The molecule has 1 amide bonds. The Balaban J connectivity index is 1.70. The standard InChI is InChI=1S/C19H20N4O4S/c1-11-12(2)28-18-17(11)19(25)23(10-20-18)9-16(24)22-21-8-13-5-6-14(26-3)15(7-13)27-4/h5-8,10H,9H2,1-4H3,(H,22,24). The zero-order chi connectivity index (χ0) is 20.3. The number of nitrogens with one attached hydrogen (secondary N) is 1. The number of thiophene rings is 1. The molecule has 2 heterocycles. The number of nitrogens with zero attached hydrogens (tertiary/aromatic N) is 3. The third-order valence-corrected chi connectivity index (χ3v) is 5.40. The third kappa shape index (κ3) is 3.89. The summed E-state index contributed by atoms with van der Waals surface area (Å²) in [5.74, 6) is 0.736. The molecule has 28 heavy (non-hydrogen) atoms. The van der Waals surface area contributed by atoms with E-state index in [1.54, 1.807) is 32.4 Å². The summed E-state index contributed by atoms with van der Waals surface area (Å²) in [6.45, 7) is 3.66. The van der Waals surface area contributed by atoms with Crippen LogP contribution in [0.3, 0.4) is 0 Å². The molecule has 146 valence electrons. The molecule has 1 aromatic carbocycles. The number of carbonyl (C=O) groups is 1. The van der Waals surface area contributed by atoms with Crippen LogP contribution in [0, 0.1) is 13.8 Å². The number of aromatic nitrogens is 2. The number of hydrogen-bond acceptors (Lipinski definition) is 7. The predicted molar refractivity (Wildman–Crippen MR) is 109 cm³/mol. The first-order valence-corrected chi connectivity index (χ1v) is 9.25. The molecule has 0 fully saturated rings. The normalized spacial score (nSPS) is 11.1. The van der Waals surface area contributed by atoms with E-state index in [2.05, 4.69) is 15.5 Å². The maximum atomic E-state index is 12.6. The van der Waals surface area contributed by atoms with E-state index in [4.69, 9.17) is 9.47 Å². The molecule has 0 aliphatic carbocycles. The van der Waals surface area contributed by atoms with Gasteiger partial charge in [-0.2, -0.15) is 5.10 Å². The van der Waals surface area contributed by atoms with Crippen LogP contribution in [-0.2, 0) is 11.3 Å². The Bertz CT molecular complexity index is 1120. The minimum atomic E-state index is -0.426. The highest BCUT2D eigenvalue weighted by molar-refractivity contribution is 7.18. The lowest BCUT2D eigenvalue weighted by Gasteiger charge is -2.07. The van der Waals surface area contributed by atoms with Crippen LogP contribution < -0.4 is 20.5 Å². The van der Waals surface area contributed by atoms with Gasteiger partial charge in [0.1, 0.15) is 11.4 Å². The van der Waals surface area contributed by atoms with Crippen LogP contribution in [0.15, 0.2) is 34.4 Å². The van der Waals surface area contributed by atoms with Crippen LogP contribution in [0.1, 0.15) is 16.0 Å². The molecule has 3 rings (SSSR count). The van der Waals surface area contributed by atoms with Crippen molar-refractivity contribution >= 4 is 33.7 Å². The molecular formula is C19H20N4O4S. The average molecular weight is 400 g/mol. The SMILES string of the molecule is COc1ccc(C=NNC(=O)Cn2cnc3sc(C)c(C)c3c2=O)cc1OC. The van der Waals surface area contributed by atoms with Crippen molar-refractivity contribution in [3.05, 3.63) is 50.9 Å². The number of rotatable bonds is 6. The van der Waals surface area contributed by atoms with Gasteiger partial charge in [-0.3, -0.25) is 14.2 Å². The first-order valence-electron chi connectivity index (χ1n) is 8.43. The van der Waals surface area contributed by atoms with Crippen molar-refractivity contribution < 1.29 is 14.3 Å². The molecule has 0 spiro atoms. The van der Waals surface area contributed by atoms with Gasteiger partial charge in [0.15, 0.2) is 11.5 Å². The van der Waals surface area contributed by atoms with Crippen molar-refractivity contribution in [1.29, 1.82) is 0 Å². The van der Waals surface area contributed by atoms with E-state index in [0.717, 1.165) is 16.0 Å². The summed E-state index contributed by atoms with van der Waals surface area (Å²) < 4.78 is 11.7. The van der Waals surface area contributed by atoms with E-state index in [0.29, 0.717) is 21.7 Å². The van der Waals surface area contributed by atoms with Gasteiger partial charge < -0.3 is 9.47 Å². The molecule has 0 aliphatic heterocycles. The molecule has 0 atom stereocenters. The number of fused-ring (bicyclic) bond motifs is 1. The summed E-state index contributed by atoms with van der Waals surface area (Å²) in [4.78, 5) is 30.8. The Kier molecular flexibility index (Phi) is 5.74. The number of carbonyl (C=O) groups excluding carboxylic acids is 1. The second-order valence-electron chi connectivity index (χ2n) is 6.05. The first-order chi connectivity index (χ1) is 13.4. The summed E-state index contributed by atoms with van der Waals surface area (Å²) in [7, 11) is 3.10. The van der Waals surface area contributed by atoms with E-state index in [-0.39, 0.29) is 12.1 Å². The Morgan fingerprint density at radius 1 is 1.29 bits per heavy atom. The highest BCUT2D eigenvalue weighted by Gasteiger charge is 2.13. The maximum absolute atomic E-state index is 12.6. The largest absolute Gasteiger partial charge is 0.493 e. The molecule has 2 aromatic heterocycles. The molecule has 1 N–H and O–H groups in total. The van der Waals surface area contributed by atoms with Gasteiger partial charge >= 0.3 is 0 Å². The third-order valence-electron chi connectivity index (χ3n) is 4.28. The van der Waals surface area contributed by atoms with E-state index in [9.17, 15) is 9.59 Å². The number of hydrazone groups is 1. The van der Waals surface area contributed by atoms with Gasteiger partial charge in [-0.1, -0.05) is 0 Å². The number of amides is 1. The highest BCUT2D eigenvalue weighted by Crippen LogP contribution is 2.27. The number of methoxy groups -OCH3 is 2. The van der Waals surface area contributed by atoms with Crippen LogP contribution in [-0.4, -0.2) is 35.9 Å². The van der Waals surface area contributed by atoms with Gasteiger partial charge in [0.2, 0.25) is 0 Å². The van der Waals surface area contributed by atoms with Crippen molar-refractivity contribution in [2.75, 3.05) is 14.2 Å². The fourth-order valence-corrected chi connectivity index (χ4v) is 3.67. The van der Waals surface area contributed by atoms with Gasteiger partial charge in [0.25, 0.3) is 11.5 Å². The van der Waals surface area contributed by atoms with Gasteiger partial charge in [0.05, 0.1) is 32.1 Å². The molecule has 0 saturated carbocycles. The summed E-state index contributed by atoms with van der Waals surface area (Å²) in [5.41, 5.74) is 3.81. The Hall–Kier alpha value is -3.20. The quantitative estimate of drug-likeness (QED) is 0.506. The number of aryl methyl sites for hydroxylation is 2. The number of ether oxygens (including phenoxy) is 2. The molecule has 0 aliphatic rings. The Morgan fingerprint density at radius 3 is 2.75 bits per heavy atom. The van der Waals surface area contributed by atoms with Crippen LogP contribution in [0.2, 0.25) is 0 Å². The fraction of sp³-hybridized carbons (Fsp3) is 0.263. The van der Waals surface area contributed by atoms with E-state index in [1.165, 1.54) is 28.4 Å². The van der Waals surface area contributed by atoms with Crippen LogP contribution in [0.4, 0.5) is 0 Å². The van der Waals surface area contributed by atoms with Crippen molar-refractivity contribution in [1.82, 2.24) is 15.0 Å². The summed E-state index contributed by atoms with van der Waals surface area (Å²) in [5, 5.41) is 4.49. The lowest BCUT2D eigenvalue weighted by molar-refractivity contribution is -0.121. The number of benzene rings is 1. The molecular weight excluding hydrogens is 380 g/mol. The lowest BCUT2D eigenvalue weighted by Crippen LogP contribution is -2.30. The van der Waals surface area contributed by atoms with Crippen molar-refractivity contribution in [2.24, 2.45) is 5.10 Å². The Labute approximate surface area is 165 Å². The molecule has 9 heteroatoms. The zero-order valence-electron chi connectivity index (χ0n) is 16.0. The molecule has 0 saturated heterocycles. The predicted octanol–water partition coefficient (Wildman–Crippen LogP) is 2.24. The minimum absolute atomic E-state index is 0.167. The van der Waals surface area contributed by atoms with Gasteiger partial charge in [0, 0.05) is 4.88 Å². The zero-order valence-corrected chi connectivity index (χ0v) is 16.8. The summed E-state index contributed by atoms with van der Waals surface area (Å²) >= 11 is 1.47. The topological polar surface area (TPSA) is 94.8 Å². The van der Waals surface area contributed by atoms with Crippen LogP contribution >= 0.6 is 11.3 Å². The minimum Gasteiger partial charge on any atom is -0.493 e. The van der Waals surface area contributed by atoms with E-state index < -0.39 is 5.91 Å².